The van der Waals surface area contributed by atoms with Gasteiger partial charge in [-0.1, -0.05) is 24.3 Å². The number of halogens is 1. The molecule has 0 radical (unpaired) electrons. The standard InChI is InChI=1S/C17H20FNO/c1-4-20-17-8-6-5-7-14(17)15-11-13(12(2)19-3)9-10-16(15)18/h5-12,19H,4H2,1-3H3. The number of rotatable bonds is 5. The highest BCUT2D eigenvalue weighted by molar-refractivity contribution is 5.71. The lowest BCUT2D eigenvalue weighted by molar-refractivity contribution is 0.341. The van der Waals surface area contributed by atoms with Gasteiger partial charge in [-0.05, 0) is 44.7 Å². The molecule has 0 heterocycles. The third-order valence-corrected chi connectivity index (χ3v) is 3.40. The Morgan fingerprint density at radius 3 is 2.60 bits per heavy atom. The molecule has 106 valence electrons. The minimum Gasteiger partial charge on any atom is -0.493 e. The monoisotopic (exact) mass is 273 g/mol. The van der Waals surface area contributed by atoms with Crippen molar-refractivity contribution in [2.45, 2.75) is 19.9 Å². The number of hydrogen-bond donors (Lipinski definition) is 1. The van der Waals surface area contributed by atoms with E-state index in [1.54, 1.807) is 0 Å². The second-order valence-electron chi connectivity index (χ2n) is 4.68. The topological polar surface area (TPSA) is 21.3 Å². The number of ether oxygens (including phenoxy) is 1. The second-order valence-corrected chi connectivity index (χ2v) is 4.68. The molecule has 2 aromatic carbocycles. The second kappa shape index (κ2) is 6.53. The zero-order chi connectivity index (χ0) is 14.5. The van der Waals surface area contributed by atoms with Crippen molar-refractivity contribution in [2.75, 3.05) is 13.7 Å². The Balaban J connectivity index is 2.51. The summed E-state index contributed by atoms with van der Waals surface area (Å²) >= 11 is 0. The van der Waals surface area contributed by atoms with Crippen LogP contribution >= 0.6 is 0 Å². The molecule has 0 aliphatic rings. The van der Waals surface area contributed by atoms with E-state index in [-0.39, 0.29) is 11.9 Å². The molecular weight excluding hydrogens is 253 g/mol. The van der Waals surface area contributed by atoms with Gasteiger partial charge in [-0.15, -0.1) is 0 Å². The minimum atomic E-state index is -0.232. The van der Waals surface area contributed by atoms with E-state index in [0.29, 0.717) is 17.9 Å². The molecular formula is C17H20FNO. The van der Waals surface area contributed by atoms with Crippen LogP contribution < -0.4 is 10.1 Å². The summed E-state index contributed by atoms with van der Waals surface area (Å²) in [6, 6.07) is 12.9. The van der Waals surface area contributed by atoms with Crippen molar-refractivity contribution < 1.29 is 9.13 Å². The van der Waals surface area contributed by atoms with Crippen molar-refractivity contribution in [2.24, 2.45) is 0 Å². The first-order valence-corrected chi connectivity index (χ1v) is 6.86. The predicted octanol–water partition coefficient (Wildman–Crippen LogP) is 4.17. The van der Waals surface area contributed by atoms with E-state index in [9.17, 15) is 4.39 Å². The number of para-hydroxylation sites is 1. The largest absolute Gasteiger partial charge is 0.493 e. The average molecular weight is 273 g/mol. The quantitative estimate of drug-likeness (QED) is 0.882. The van der Waals surface area contributed by atoms with Gasteiger partial charge < -0.3 is 10.1 Å². The molecule has 0 aliphatic carbocycles. The van der Waals surface area contributed by atoms with Crippen molar-refractivity contribution in [1.29, 1.82) is 0 Å². The molecule has 0 saturated carbocycles. The molecule has 0 saturated heterocycles. The Kier molecular flexibility index (Phi) is 4.74. The summed E-state index contributed by atoms with van der Waals surface area (Å²) in [5.74, 6) is 0.479. The summed E-state index contributed by atoms with van der Waals surface area (Å²) in [4.78, 5) is 0. The van der Waals surface area contributed by atoms with Crippen LogP contribution in [0.2, 0.25) is 0 Å². The summed E-state index contributed by atoms with van der Waals surface area (Å²) in [7, 11) is 1.89. The summed E-state index contributed by atoms with van der Waals surface area (Å²) < 4.78 is 19.8. The van der Waals surface area contributed by atoms with Crippen molar-refractivity contribution in [3.63, 3.8) is 0 Å². The summed E-state index contributed by atoms with van der Waals surface area (Å²) in [5.41, 5.74) is 2.42. The summed E-state index contributed by atoms with van der Waals surface area (Å²) in [5, 5.41) is 3.17. The van der Waals surface area contributed by atoms with E-state index in [4.69, 9.17) is 4.74 Å². The van der Waals surface area contributed by atoms with Crippen molar-refractivity contribution >= 4 is 0 Å². The molecule has 1 atom stereocenters. The number of nitrogens with one attached hydrogen (secondary N) is 1. The van der Waals surface area contributed by atoms with Gasteiger partial charge >= 0.3 is 0 Å². The maximum atomic E-state index is 14.2. The Morgan fingerprint density at radius 2 is 1.90 bits per heavy atom. The van der Waals surface area contributed by atoms with Crippen molar-refractivity contribution in [3.05, 3.63) is 53.8 Å². The highest BCUT2D eigenvalue weighted by atomic mass is 19.1. The molecule has 2 rings (SSSR count). The van der Waals surface area contributed by atoms with E-state index < -0.39 is 0 Å². The van der Waals surface area contributed by atoms with E-state index >= 15 is 0 Å². The molecule has 20 heavy (non-hydrogen) atoms. The normalized spacial score (nSPS) is 12.2. The third kappa shape index (κ3) is 2.99. The van der Waals surface area contributed by atoms with Gasteiger partial charge in [0.15, 0.2) is 0 Å². The SMILES string of the molecule is CCOc1ccccc1-c1cc(C(C)NC)ccc1F. The highest BCUT2D eigenvalue weighted by Crippen LogP contribution is 2.33. The average Bonchev–Trinajstić information content (AvgIpc) is 2.48. The Hall–Kier alpha value is -1.87. The van der Waals surface area contributed by atoms with Gasteiger partial charge in [0.1, 0.15) is 11.6 Å². The molecule has 2 nitrogen and oxygen atoms in total. The van der Waals surface area contributed by atoms with Crippen LogP contribution in [0.1, 0.15) is 25.5 Å². The lowest BCUT2D eigenvalue weighted by atomic mass is 9.99. The first-order chi connectivity index (χ1) is 9.67. The lowest BCUT2D eigenvalue weighted by Gasteiger charge is -2.15. The molecule has 0 aromatic heterocycles. The molecule has 0 amide bonds. The van der Waals surface area contributed by atoms with Crippen LogP contribution in [-0.4, -0.2) is 13.7 Å². The maximum Gasteiger partial charge on any atom is 0.131 e. The van der Waals surface area contributed by atoms with Gasteiger partial charge in [0.25, 0.3) is 0 Å². The van der Waals surface area contributed by atoms with Crippen LogP contribution in [0, 0.1) is 5.82 Å². The zero-order valence-electron chi connectivity index (χ0n) is 12.1. The fourth-order valence-corrected chi connectivity index (χ4v) is 2.16. The highest BCUT2D eigenvalue weighted by Gasteiger charge is 2.13. The molecule has 0 spiro atoms. The molecule has 3 heteroatoms. The van der Waals surface area contributed by atoms with Gasteiger partial charge in [-0.25, -0.2) is 4.39 Å². The molecule has 1 N–H and O–H groups in total. The molecule has 0 fully saturated rings. The van der Waals surface area contributed by atoms with Crippen LogP contribution in [0.5, 0.6) is 5.75 Å². The molecule has 0 bridgehead atoms. The fraction of sp³-hybridized carbons (Fsp3) is 0.294. The molecule has 2 aromatic rings. The van der Waals surface area contributed by atoms with Crippen LogP contribution in [-0.2, 0) is 0 Å². The Morgan fingerprint density at radius 1 is 1.15 bits per heavy atom. The molecule has 0 aliphatic heterocycles. The van der Waals surface area contributed by atoms with Gasteiger partial charge in [-0.2, -0.15) is 0 Å². The van der Waals surface area contributed by atoms with Crippen LogP contribution in [0.3, 0.4) is 0 Å². The van der Waals surface area contributed by atoms with Gasteiger partial charge in [-0.3, -0.25) is 0 Å². The Labute approximate surface area is 119 Å². The lowest BCUT2D eigenvalue weighted by Crippen LogP contribution is -2.12. The summed E-state index contributed by atoms with van der Waals surface area (Å²) in [6.45, 7) is 4.53. The van der Waals surface area contributed by atoms with Gasteiger partial charge in [0, 0.05) is 17.2 Å². The van der Waals surface area contributed by atoms with E-state index in [1.165, 1.54) is 6.07 Å². The number of hydrogen-bond acceptors (Lipinski definition) is 2. The minimum absolute atomic E-state index is 0.175. The van der Waals surface area contributed by atoms with Crippen molar-refractivity contribution in [3.8, 4) is 16.9 Å². The zero-order valence-corrected chi connectivity index (χ0v) is 12.1. The first kappa shape index (κ1) is 14.5. The van der Waals surface area contributed by atoms with Crippen LogP contribution in [0.4, 0.5) is 4.39 Å². The smallest absolute Gasteiger partial charge is 0.131 e. The first-order valence-electron chi connectivity index (χ1n) is 6.86. The van der Waals surface area contributed by atoms with E-state index in [0.717, 1.165) is 11.1 Å². The van der Waals surface area contributed by atoms with Crippen LogP contribution in [0.15, 0.2) is 42.5 Å². The van der Waals surface area contributed by atoms with Crippen molar-refractivity contribution in [1.82, 2.24) is 5.32 Å². The predicted molar refractivity (Wildman–Crippen MR) is 80.5 cm³/mol. The Bertz CT molecular complexity index is 583. The van der Waals surface area contributed by atoms with E-state index in [1.807, 2.05) is 57.3 Å². The maximum absolute atomic E-state index is 14.2. The summed E-state index contributed by atoms with van der Waals surface area (Å²) in [6.07, 6.45) is 0. The van der Waals surface area contributed by atoms with Gasteiger partial charge in [0.2, 0.25) is 0 Å². The fourth-order valence-electron chi connectivity index (χ4n) is 2.16. The number of benzene rings is 2. The third-order valence-electron chi connectivity index (χ3n) is 3.40. The van der Waals surface area contributed by atoms with E-state index in [2.05, 4.69) is 5.32 Å². The van der Waals surface area contributed by atoms with Gasteiger partial charge in [0.05, 0.1) is 6.61 Å². The molecule has 1 unspecified atom stereocenters. The van der Waals surface area contributed by atoms with Crippen LogP contribution in [0.25, 0.3) is 11.1 Å².